The highest BCUT2D eigenvalue weighted by Gasteiger charge is 2.30. The molecule has 5 rings (SSSR count). The van der Waals surface area contributed by atoms with Gasteiger partial charge in [0.1, 0.15) is 13.4 Å². The Labute approximate surface area is 206 Å². The molecule has 0 spiro atoms. The lowest BCUT2D eigenvalue weighted by Gasteiger charge is -2.26. The summed E-state index contributed by atoms with van der Waals surface area (Å²) >= 11 is 1.72. The number of thiazole rings is 1. The molecular weight excluding hydrogens is 452 g/mol. The van der Waals surface area contributed by atoms with Crippen molar-refractivity contribution in [2.24, 2.45) is 7.05 Å². The molecule has 0 N–H and O–H groups in total. The second kappa shape index (κ2) is 7.85. The Morgan fingerprint density at radius 3 is 2.44 bits per heavy atom. The maximum Gasteiger partial charge on any atom is 0.217 e. The quantitative estimate of drug-likeness (QED) is 0.223. The van der Waals surface area contributed by atoms with Crippen LogP contribution in [0.4, 0.5) is 0 Å². The highest BCUT2D eigenvalue weighted by molar-refractivity contribution is 7.24. The second-order valence-electron chi connectivity index (χ2n) is 11.3. The van der Waals surface area contributed by atoms with Crippen LogP contribution in [0.15, 0.2) is 55.0 Å². The highest BCUT2D eigenvalue weighted by Crippen LogP contribution is 2.38. The summed E-state index contributed by atoms with van der Waals surface area (Å²) in [5.74, 6) is 0. The normalized spacial score (nSPS) is 12.7. The molecule has 0 saturated heterocycles. The zero-order valence-corrected chi connectivity index (χ0v) is 23.2. The first-order valence-electron chi connectivity index (χ1n) is 11.8. The van der Waals surface area contributed by atoms with Crippen LogP contribution in [-0.2, 0) is 12.5 Å². The lowest BCUT2D eigenvalue weighted by atomic mass is 9.82. The number of benzene rings is 2. The summed E-state index contributed by atoms with van der Waals surface area (Å²) in [5, 5.41) is 9.92. The third-order valence-corrected chi connectivity index (χ3v) is 9.77. The first-order valence-corrected chi connectivity index (χ1v) is 16.1. The average molecular weight is 486 g/mol. The van der Waals surface area contributed by atoms with Crippen molar-refractivity contribution in [1.82, 2.24) is 14.6 Å². The first kappa shape index (κ1) is 22.9. The van der Waals surface area contributed by atoms with E-state index in [1.54, 1.807) is 11.3 Å². The van der Waals surface area contributed by atoms with Crippen molar-refractivity contribution in [2.75, 3.05) is 0 Å². The first-order chi connectivity index (χ1) is 16.0. The van der Waals surface area contributed by atoms with Crippen LogP contribution >= 0.6 is 11.3 Å². The molecule has 4 nitrogen and oxygen atoms in total. The van der Waals surface area contributed by atoms with E-state index in [1.165, 1.54) is 43.4 Å². The van der Waals surface area contributed by atoms with Gasteiger partial charge in [0.15, 0.2) is 6.20 Å². The summed E-state index contributed by atoms with van der Waals surface area (Å²) in [6.45, 7) is 16.5. The molecule has 0 aliphatic heterocycles. The third-order valence-electron chi connectivity index (χ3n) is 6.68. The SMILES string of the molecule is Cc1ccc2c(sc3nncn32)c1-c1cc(-c2ccccc2C(C)(C)C)c([Si](C)(C)C)c[n+]1C. The summed E-state index contributed by atoms with van der Waals surface area (Å²) in [6.07, 6.45) is 4.21. The van der Waals surface area contributed by atoms with Crippen LogP contribution in [0.1, 0.15) is 31.9 Å². The van der Waals surface area contributed by atoms with Gasteiger partial charge in [-0.15, -0.1) is 10.2 Å². The summed E-state index contributed by atoms with van der Waals surface area (Å²) in [4.78, 5) is 0.932. The van der Waals surface area contributed by atoms with Gasteiger partial charge >= 0.3 is 0 Å². The van der Waals surface area contributed by atoms with E-state index in [0.717, 1.165) is 10.5 Å². The Bertz CT molecular complexity index is 1550. The number of hydrogen-bond donors (Lipinski definition) is 0. The molecule has 5 aromatic rings. The summed E-state index contributed by atoms with van der Waals surface area (Å²) < 4.78 is 5.69. The standard InChI is InChI=1S/C28H33N4SSi/c1-18-13-14-22-26(33-27-30-29-17-32(22)27)25(18)23-15-20(24(16-31(23)5)34(6,7)8)19-11-9-10-12-21(19)28(2,3)4/h9-17H,1-8H3/q+1. The molecule has 0 unspecified atom stereocenters. The van der Waals surface area contributed by atoms with Crippen molar-refractivity contribution in [3.63, 3.8) is 0 Å². The van der Waals surface area contributed by atoms with Crippen LogP contribution < -0.4 is 9.75 Å². The van der Waals surface area contributed by atoms with Crippen molar-refractivity contribution < 1.29 is 4.57 Å². The Morgan fingerprint density at radius 2 is 1.74 bits per heavy atom. The molecule has 34 heavy (non-hydrogen) atoms. The van der Waals surface area contributed by atoms with Crippen molar-refractivity contribution in [2.45, 2.75) is 52.8 Å². The molecule has 0 aliphatic rings. The minimum absolute atomic E-state index is 0.0630. The molecule has 0 fully saturated rings. The van der Waals surface area contributed by atoms with E-state index in [1.807, 2.05) is 6.33 Å². The van der Waals surface area contributed by atoms with Gasteiger partial charge in [0.2, 0.25) is 10.7 Å². The van der Waals surface area contributed by atoms with Gasteiger partial charge in [0.05, 0.1) is 23.9 Å². The maximum atomic E-state index is 4.32. The molecule has 0 amide bonds. The number of nitrogens with zero attached hydrogens (tertiary/aromatic N) is 4. The predicted octanol–water partition coefficient (Wildman–Crippen LogP) is 6.25. The highest BCUT2D eigenvalue weighted by atomic mass is 32.1. The Kier molecular flexibility index (Phi) is 5.30. The fraction of sp³-hybridized carbons (Fsp3) is 0.321. The van der Waals surface area contributed by atoms with Crippen molar-refractivity contribution in [3.05, 3.63) is 66.1 Å². The lowest BCUT2D eigenvalue weighted by molar-refractivity contribution is -0.659. The predicted molar refractivity (Wildman–Crippen MR) is 147 cm³/mol. The molecular formula is C28H33N4SSi+. The van der Waals surface area contributed by atoms with Crippen molar-refractivity contribution in [3.8, 4) is 22.4 Å². The summed E-state index contributed by atoms with van der Waals surface area (Å²) in [7, 11) is 0.570. The van der Waals surface area contributed by atoms with Crippen molar-refractivity contribution >= 4 is 39.8 Å². The zero-order chi connectivity index (χ0) is 24.4. The zero-order valence-electron chi connectivity index (χ0n) is 21.4. The topological polar surface area (TPSA) is 34.1 Å². The number of hydrogen-bond acceptors (Lipinski definition) is 3. The molecule has 0 aliphatic carbocycles. The number of fused-ring (bicyclic) bond motifs is 3. The molecule has 6 heteroatoms. The van der Waals surface area contributed by atoms with Gasteiger partial charge in [-0.1, -0.05) is 82.1 Å². The monoisotopic (exact) mass is 485 g/mol. The molecule has 3 aromatic heterocycles. The Hall–Kier alpha value is -2.83. The molecule has 2 aromatic carbocycles. The maximum absolute atomic E-state index is 4.32. The Balaban J connectivity index is 1.87. The minimum atomic E-state index is -1.62. The van der Waals surface area contributed by atoms with E-state index < -0.39 is 8.07 Å². The largest absolute Gasteiger partial charge is 0.272 e. The van der Waals surface area contributed by atoms with Gasteiger partial charge in [0, 0.05) is 11.3 Å². The van der Waals surface area contributed by atoms with E-state index in [0.29, 0.717) is 0 Å². The van der Waals surface area contributed by atoms with Crippen molar-refractivity contribution in [1.29, 1.82) is 0 Å². The van der Waals surface area contributed by atoms with Crippen LogP contribution in [0.2, 0.25) is 19.6 Å². The molecule has 0 bridgehead atoms. The van der Waals surface area contributed by atoms with Crippen LogP contribution in [0.5, 0.6) is 0 Å². The third kappa shape index (κ3) is 3.69. The number of aryl methyl sites for hydroxylation is 2. The number of pyridine rings is 1. The molecule has 0 atom stereocenters. The van der Waals surface area contributed by atoms with Gasteiger partial charge < -0.3 is 0 Å². The molecule has 0 saturated carbocycles. The van der Waals surface area contributed by atoms with E-state index in [4.69, 9.17) is 0 Å². The summed E-state index contributed by atoms with van der Waals surface area (Å²) in [5.41, 5.74) is 9.14. The smallest absolute Gasteiger partial charge is 0.217 e. The number of aromatic nitrogens is 4. The van der Waals surface area contributed by atoms with Crippen LogP contribution in [0.3, 0.4) is 0 Å². The van der Waals surface area contributed by atoms with Crippen LogP contribution in [0, 0.1) is 6.92 Å². The second-order valence-corrected chi connectivity index (χ2v) is 17.4. The van der Waals surface area contributed by atoms with E-state index >= 15 is 0 Å². The molecule has 3 heterocycles. The van der Waals surface area contributed by atoms with E-state index in [9.17, 15) is 0 Å². The fourth-order valence-corrected chi connectivity index (χ4v) is 7.67. The van der Waals surface area contributed by atoms with Gasteiger partial charge in [-0.2, -0.15) is 0 Å². The Morgan fingerprint density at radius 1 is 1.00 bits per heavy atom. The van der Waals surface area contributed by atoms with Crippen LogP contribution in [0.25, 0.3) is 37.6 Å². The van der Waals surface area contributed by atoms with Crippen LogP contribution in [-0.4, -0.2) is 22.7 Å². The van der Waals surface area contributed by atoms with E-state index in [-0.39, 0.29) is 5.41 Å². The van der Waals surface area contributed by atoms with Gasteiger partial charge in [-0.3, -0.25) is 4.40 Å². The molecule has 174 valence electrons. The van der Waals surface area contributed by atoms with Gasteiger partial charge in [-0.05, 0) is 40.7 Å². The fourth-order valence-electron chi connectivity index (χ4n) is 4.92. The van der Waals surface area contributed by atoms with Gasteiger partial charge in [0.25, 0.3) is 0 Å². The van der Waals surface area contributed by atoms with Gasteiger partial charge in [-0.25, -0.2) is 4.57 Å². The molecule has 0 radical (unpaired) electrons. The number of rotatable bonds is 3. The lowest BCUT2D eigenvalue weighted by Crippen LogP contribution is -2.46. The van der Waals surface area contributed by atoms with E-state index in [2.05, 4.69) is 122 Å². The average Bonchev–Trinajstić information content (AvgIpc) is 3.34. The summed E-state index contributed by atoms with van der Waals surface area (Å²) in [6, 6.07) is 15.8. The minimum Gasteiger partial charge on any atom is -0.272 e.